The number of likely N-dealkylation sites (tertiary alicyclic amines) is 1. The van der Waals surface area contributed by atoms with Crippen molar-refractivity contribution in [2.75, 3.05) is 25.1 Å². The topological polar surface area (TPSA) is 49.9 Å². The summed E-state index contributed by atoms with van der Waals surface area (Å²) < 4.78 is 5.31. The Morgan fingerprint density at radius 2 is 2.00 bits per heavy atom. The summed E-state index contributed by atoms with van der Waals surface area (Å²) in [6, 6.07) is 6.29. The first-order chi connectivity index (χ1) is 12.2. The van der Waals surface area contributed by atoms with E-state index in [9.17, 15) is 9.59 Å². The average Bonchev–Trinajstić information content (AvgIpc) is 3.29. The van der Waals surface area contributed by atoms with Crippen LogP contribution in [0.25, 0.3) is 0 Å². The molecule has 25 heavy (non-hydrogen) atoms. The van der Waals surface area contributed by atoms with Gasteiger partial charge in [0.25, 0.3) is 0 Å². The minimum Gasteiger partial charge on any atom is -0.497 e. The van der Waals surface area contributed by atoms with Gasteiger partial charge in [-0.15, -0.1) is 0 Å². The minimum absolute atomic E-state index is 0.111. The van der Waals surface area contributed by atoms with Gasteiger partial charge in [-0.2, -0.15) is 0 Å². The van der Waals surface area contributed by atoms with Crippen molar-refractivity contribution in [3.8, 4) is 5.75 Å². The van der Waals surface area contributed by atoms with E-state index in [4.69, 9.17) is 4.74 Å². The number of benzene rings is 1. The molecule has 3 aliphatic rings. The molecule has 2 aliphatic heterocycles. The van der Waals surface area contributed by atoms with Crippen LogP contribution in [0.4, 0.5) is 5.69 Å². The second-order valence-electron chi connectivity index (χ2n) is 7.47. The Bertz CT molecular complexity index is 682. The van der Waals surface area contributed by atoms with E-state index in [2.05, 4.69) is 0 Å². The van der Waals surface area contributed by atoms with Crippen molar-refractivity contribution < 1.29 is 14.3 Å². The summed E-state index contributed by atoms with van der Waals surface area (Å²) in [6.45, 7) is 1.34. The molecule has 2 heterocycles. The second kappa shape index (κ2) is 6.70. The van der Waals surface area contributed by atoms with Crippen molar-refractivity contribution >= 4 is 17.5 Å². The van der Waals surface area contributed by atoms with Gasteiger partial charge in [-0.05, 0) is 49.4 Å². The van der Waals surface area contributed by atoms with Crippen LogP contribution in [0.1, 0.15) is 44.1 Å². The Morgan fingerprint density at radius 3 is 2.76 bits per heavy atom. The van der Waals surface area contributed by atoms with Crippen LogP contribution in [0, 0.1) is 5.92 Å². The second-order valence-corrected chi connectivity index (χ2v) is 7.47. The van der Waals surface area contributed by atoms with Crippen LogP contribution in [0.15, 0.2) is 18.2 Å². The number of ether oxygens (including phenoxy) is 1. The summed E-state index contributed by atoms with van der Waals surface area (Å²) in [5.41, 5.74) is 2.15. The maximum absolute atomic E-state index is 13.1. The first-order valence-electron chi connectivity index (χ1n) is 9.45. The van der Waals surface area contributed by atoms with Gasteiger partial charge in [-0.25, -0.2) is 0 Å². The average molecular weight is 342 g/mol. The SMILES string of the molecule is COc1ccc2c(c1)CCCN2C(=O)C1CC(=O)N(C2CCCC2)C1. The normalized spacial score (nSPS) is 23.9. The molecule has 0 radical (unpaired) electrons. The van der Waals surface area contributed by atoms with E-state index in [-0.39, 0.29) is 17.7 Å². The van der Waals surface area contributed by atoms with E-state index in [0.29, 0.717) is 19.0 Å². The van der Waals surface area contributed by atoms with Crippen LogP contribution >= 0.6 is 0 Å². The fourth-order valence-corrected chi connectivity index (χ4v) is 4.62. The molecule has 1 aromatic carbocycles. The maximum Gasteiger partial charge on any atom is 0.232 e. The van der Waals surface area contributed by atoms with Crippen LogP contribution in [0.5, 0.6) is 5.75 Å². The highest BCUT2D eigenvalue weighted by atomic mass is 16.5. The quantitative estimate of drug-likeness (QED) is 0.849. The molecule has 1 atom stereocenters. The summed E-state index contributed by atoms with van der Waals surface area (Å²) >= 11 is 0. The van der Waals surface area contributed by atoms with Gasteiger partial charge in [0.1, 0.15) is 5.75 Å². The molecule has 4 rings (SSSR count). The van der Waals surface area contributed by atoms with Crippen LogP contribution in [0.3, 0.4) is 0 Å². The molecular weight excluding hydrogens is 316 g/mol. The minimum atomic E-state index is -0.193. The number of hydrogen-bond donors (Lipinski definition) is 0. The first kappa shape index (κ1) is 16.4. The molecule has 1 aliphatic carbocycles. The van der Waals surface area contributed by atoms with Gasteiger partial charge in [0.05, 0.1) is 13.0 Å². The number of aryl methyl sites for hydroxylation is 1. The summed E-state index contributed by atoms with van der Waals surface area (Å²) in [4.78, 5) is 29.4. The molecular formula is C20H26N2O3. The van der Waals surface area contributed by atoms with Crippen LogP contribution in [-0.4, -0.2) is 43.0 Å². The van der Waals surface area contributed by atoms with E-state index in [0.717, 1.165) is 49.2 Å². The smallest absolute Gasteiger partial charge is 0.232 e. The van der Waals surface area contributed by atoms with E-state index in [1.165, 1.54) is 12.8 Å². The largest absolute Gasteiger partial charge is 0.497 e. The summed E-state index contributed by atoms with van der Waals surface area (Å²) in [6.07, 6.45) is 6.89. The molecule has 0 aromatic heterocycles. The number of nitrogens with zero attached hydrogens (tertiary/aromatic N) is 2. The zero-order valence-electron chi connectivity index (χ0n) is 14.9. The molecule has 2 fully saturated rings. The Hall–Kier alpha value is -2.04. The van der Waals surface area contributed by atoms with Gasteiger partial charge in [0.15, 0.2) is 0 Å². The van der Waals surface area contributed by atoms with E-state index in [1.54, 1.807) is 7.11 Å². The van der Waals surface area contributed by atoms with E-state index < -0.39 is 0 Å². The number of fused-ring (bicyclic) bond motifs is 1. The van der Waals surface area contributed by atoms with E-state index >= 15 is 0 Å². The Balaban J connectivity index is 1.51. The van der Waals surface area contributed by atoms with Crippen LogP contribution < -0.4 is 9.64 Å². The van der Waals surface area contributed by atoms with Gasteiger partial charge in [0, 0.05) is 31.2 Å². The highest BCUT2D eigenvalue weighted by molar-refractivity contribution is 6.00. The predicted molar refractivity (Wildman–Crippen MR) is 95.7 cm³/mol. The lowest BCUT2D eigenvalue weighted by Gasteiger charge is -2.32. The fourth-order valence-electron chi connectivity index (χ4n) is 4.62. The van der Waals surface area contributed by atoms with Gasteiger partial charge in [-0.1, -0.05) is 12.8 Å². The third kappa shape index (κ3) is 3.00. The summed E-state index contributed by atoms with van der Waals surface area (Å²) in [5, 5.41) is 0. The number of rotatable bonds is 3. The Labute approximate surface area is 148 Å². The van der Waals surface area contributed by atoms with Crippen molar-refractivity contribution in [3.63, 3.8) is 0 Å². The molecule has 0 N–H and O–H groups in total. The molecule has 1 aromatic rings. The van der Waals surface area contributed by atoms with Gasteiger partial charge < -0.3 is 14.5 Å². The lowest BCUT2D eigenvalue weighted by atomic mass is 9.98. The Morgan fingerprint density at radius 1 is 1.20 bits per heavy atom. The highest BCUT2D eigenvalue weighted by Gasteiger charge is 2.41. The van der Waals surface area contributed by atoms with Crippen molar-refractivity contribution in [1.82, 2.24) is 4.90 Å². The van der Waals surface area contributed by atoms with Crippen molar-refractivity contribution in [1.29, 1.82) is 0 Å². The van der Waals surface area contributed by atoms with Crippen molar-refractivity contribution in [2.45, 2.75) is 51.0 Å². The third-order valence-corrected chi connectivity index (χ3v) is 5.94. The van der Waals surface area contributed by atoms with Gasteiger partial charge in [-0.3, -0.25) is 9.59 Å². The molecule has 5 heteroatoms. The number of methoxy groups -OCH3 is 1. The molecule has 5 nitrogen and oxygen atoms in total. The number of hydrogen-bond acceptors (Lipinski definition) is 3. The zero-order chi connectivity index (χ0) is 17.4. The van der Waals surface area contributed by atoms with Gasteiger partial charge in [0.2, 0.25) is 11.8 Å². The third-order valence-electron chi connectivity index (χ3n) is 5.94. The monoisotopic (exact) mass is 342 g/mol. The first-order valence-corrected chi connectivity index (χ1v) is 9.45. The molecule has 1 saturated heterocycles. The molecule has 1 saturated carbocycles. The summed E-state index contributed by atoms with van der Waals surface area (Å²) in [7, 11) is 1.66. The zero-order valence-corrected chi connectivity index (χ0v) is 14.9. The van der Waals surface area contributed by atoms with Crippen molar-refractivity contribution in [2.24, 2.45) is 5.92 Å². The number of carbonyl (C=O) groups excluding carboxylic acids is 2. The molecule has 0 bridgehead atoms. The van der Waals surface area contributed by atoms with Crippen molar-refractivity contribution in [3.05, 3.63) is 23.8 Å². The highest BCUT2D eigenvalue weighted by Crippen LogP contribution is 2.34. The molecule has 2 amide bonds. The lowest BCUT2D eigenvalue weighted by Crippen LogP contribution is -2.41. The maximum atomic E-state index is 13.1. The standard InChI is InChI=1S/C20H26N2O3/c1-25-17-8-9-18-14(11-17)5-4-10-21(18)20(24)15-12-19(23)22(13-15)16-6-2-3-7-16/h8-9,11,15-16H,2-7,10,12-13H2,1H3. The number of amides is 2. The van der Waals surface area contributed by atoms with E-state index in [1.807, 2.05) is 28.0 Å². The van der Waals surface area contributed by atoms with Crippen LogP contribution in [0.2, 0.25) is 0 Å². The lowest BCUT2D eigenvalue weighted by molar-refractivity contribution is -0.130. The molecule has 1 unspecified atom stereocenters. The molecule has 134 valence electrons. The number of anilines is 1. The fraction of sp³-hybridized carbons (Fsp3) is 0.600. The summed E-state index contributed by atoms with van der Waals surface area (Å²) in [5.74, 6) is 0.912. The predicted octanol–water partition coefficient (Wildman–Crippen LogP) is 2.77. The number of carbonyl (C=O) groups is 2. The van der Waals surface area contributed by atoms with Crippen LogP contribution in [-0.2, 0) is 16.0 Å². The Kier molecular flexibility index (Phi) is 4.40. The molecule has 0 spiro atoms. The van der Waals surface area contributed by atoms with Gasteiger partial charge >= 0.3 is 0 Å².